The van der Waals surface area contributed by atoms with E-state index in [0.717, 1.165) is 12.8 Å². The van der Waals surface area contributed by atoms with Gasteiger partial charge in [-0.05, 0) is 31.0 Å². The first-order valence-electron chi connectivity index (χ1n) is 5.90. The van der Waals surface area contributed by atoms with Gasteiger partial charge in [-0.15, -0.1) is 0 Å². The number of nitriles is 1. The number of piperidine rings is 1. The molecule has 1 saturated heterocycles. The first-order valence-corrected chi connectivity index (χ1v) is 7.72. The zero-order valence-electron chi connectivity index (χ0n) is 10.2. The molecule has 19 heavy (non-hydrogen) atoms. The Kier molecular flexibility index (Phi) is 4.11. The van der Waals surface area contributed by atoms with Gasteiger partial charge in [0, 0.05) is 24.2 Å². The minimum atomic E-state index is -3.71. The van der Waals surface area contributed by atoms with Crippen LogP contribution in [-0.2, 0) is 10.0 Å². The Morgan fingerprint density at radius 1 is 1.47 bits per heavy atom. The van der Waals surface area contributed by atoms with Crippen molar-refractivity contribution in [3.8, 4) is 6.07 Å². The van der Waals surface area contributed by atoms with E-state index in [0.29, 0.717) is 11.6 Å². The van der Waals surface area contributed by atoms with Gasteiger partial charge in [0.05, 0.1) is 5.56 Å². The fourth-order valence-electron chi connectivity index (χ4n) is 2.13. The van der Waals surface area contributed by atoms with Crippen LogP contribution in [0.3, 0.4) is 0 Å². The first-order chi connectivity index (χ1) is 8.95. The van der Waals surface area contributed by atoms with Crippen LogP contribution in [0.15, 0.2) is 23.1 Å². The minimum absolute atomic E-state index is 0.0448. The highest BCUT2D eigenvalue weighted by Crippen LogP contribution is 2.25. The van der Waals surface area contributed by atoms with Gasteiger partial charge in [0.1, 0.15) is 11.0 Å². The second-order valence-corrected chi connectivity index (χ2v) is 6.86. The molecule has 1 fully saturated rings. The Morgan fingerprint density at radius 3 is 2.84 bits per heavy atom. The molecule has 102 valence electrons. The van der Waals surface area contributed by atoms with Gasteiger partial charge >= 0.3 is 0 Å². The molecule has 0 aromatic heterocycles. The third kappa shape index (κ3) is 2.90. The van der Waals surface area contributed by atoms with E-state index in [1.807, 2.05) is 6.07 Å². The van der Waals surface area contributed by atoms with Crippen molar-refractivity contribution in [3.63, 3.8) is 0 Å². The van der Waals surface area contributed by atoms with Crippen molar-refractivity contribution >= 4 is 21.6 Å². The fourth-order valence-corrected chi connectivity index (χ4v) is 4.07. The molecule has 0 spiro atoms. The Balaban J connectivity index is 2.45. The largest absolute Gasteiger partial charge is 0.327 e. The van der Waals surface area contributed by atoms with Crippen molar-refractivity contribution in [1.29, 1.82) is 5.26 Å². The molecule has 1 aromatic carbocycles. The Hall–Kier alpha value is -1.13. The maximum absolute atomic E-state index is 12.5. The number of hydrogen-bond acceptors (Lipinski definition) is 4. The van der Waals surface area contributed by atoms with Gasteiger partial charge in [-0.3, -0.25) is 0 Å². The molecule has 1 atom stereocenters. The van der Waals surface area contributed by atoms with Gasteiger partial charge in [-0.1, -0.05) is 11.6 Å². The van der Waals surface area contributed by atoms with E-state index in [1.165, 1.54) is 22.5 Å². The molecule has 1 aliphatic heterocycles. The normalized spacial score (nSPS) is 21.0. The zero-order chi connectivity index (χ0) is 14.0. The van der Waals surface area contributed by atoms with Crippen LogP contribution in [0.1, 0.15) is 18.4 Å². The molecule has 0 saturated carbocycles. The molecule has 1 aromatic rings. The third-order valence-corrected chi connectivity index (χ3v) is 5.24. The van der Waals surface area contributed by atoms with Crippen molar-refractivity contribution in [1.82, 2.24) is 4.31 Å². The van der Waals surface area contributed by atoms with Crippen molar-refractivity contribution in [2.24, 2.45) is 5.73 Å². The van der Waals surface area contributed by atoms with Gasteiger partial charge in [0.2, 0.25) is 10.0 Å². The van der Waals surface area contributed by atoms with Crippen molar-refractivity contribution in [2.75, 3.05) is 13.1 Å². The summed E-state index contributed by atoms with van der Waals surface area (Å²) in [6, 6.07) is 5.96. The van der Waals surface area contributed by atoms with E-state index in [1.54, 1.807) is 0 Å². The van der Waals surface area contributed by atoms with Gasteiger partial charge in [-0.2, -0.15) is 9.57 Å². The monoisotopic (exact) mass is 299 g/mol. The maximum atomic E-state index is 12.5. The highest BCUT2D eigenvalue weighted by molar-refractivity contribution is 7.89. The number of sulfonamides is 1. The van der Waals surface area contributed by atoms with Crippen LogP contribution in [0, 0.1) is 11.3 Å². The molecular formula is C12H14ClN3O2S. The summed E-state index contributed by atoms with van der Waals surface area (Å²) in [5, 5.41) is 9.31. The van der Waals surface area contributed by atoms with Gasteiger partial charge in [0.25, 0.3) is 0 Å². The van der Waals surface area contributed by atoms with Gasteiger partial charge < -0.3 is 5.73 Å². The van der Waals surface area contributed by atoms with Crippen LogP contribution >= 0.6 is 11.6 Å². The van der Waals surface area contributed by atoms with Crippen molar-refractivity contribution < 1.29 is 8.42 Å². The predicted molar refractivity (Wildman–Crippen MR) is 72.1 cm³/mol. The maximum Gasteiger partial charge on any atom is 0.244 e. The van der Waals surface area contributed by atoms with Gasteiger partial charge in [0.15, 0.2) is 0 Å². The zero-order valence-corrected chi connectivity index (χ0v) is 11.8. The van der Waals surface area contributed by atoms with Gasteiger partial charge in [-0.25, -0.2) is 8.42 Å². The molecule has 0 bridgehead atoms. The summed E-state index contributed by atoms with van der Waals surface area (Å²) in [6.45, 7) is 0.702. The number of rotatable bonds is 2. The number of halogens is 1. The molecule has 0 amide bonds. The lowest BCUT2D eigenvalue weighted by Gasteiger charge is -2.30. The average Bonchev–Trinajstić information content (AvgIpc) is 2.38. The summed E-state index contributed by atoms with van der Waals surface area (Å²) in [5.41, 5.74) is 5.90. The Labute approximate surface area is 117 Å². The van der Waals surface area contributed by atoms with Crippen LogP contribution in [-0.4, -0.2) is 31.9 Å². The molecule has 7 heteroatoms. The number of benzene rings is 1. The number of nitrogens with zero attached hydrogens (tertiary/aromatic N) is 2. The quantitative estimate of drug-likeness (QED) is 0.892. The third-order valence-electron chi connectivity index (χ3n) is 3.10. The Bertz CT molecular complexity index is 624. The number of hydrogen-bond donors (Lipinski definition) is 1. The molecule has 5 nitrogen and oxygen atoms in total. The van der Waals surface area contributed by atoms with E-state index in [-0.39, 0.29) is 23.0 Å². The van der Waals surface area contributed by atoms with Crippen LogP contribution < -0.4 is 5.73 Å². The lowest BCUT2D eigenvalue weighted by Crippen LogP contribution is -2.45. The standard InChI is InChI=1S/C12H14ClN3O2S/c13-10-4-3-9(7-14)12(6-10)19(17,18)16-5-1-2-11(15)8-16/h3-4,6,11H,1-2,5,8,15H2/t11-/m1/s1. The van der Waals surface area contributed by atoms with Crippen LogP contribution in [0.4, 0.5) is 0 Å². The fraction of sp³-hybridized carbons (Fsp3) is 0.417. The van der Waals surface area contributed by atoms with Crippen LogP contribution in [0.5, 0.6) is 0 Å². The lowest BCUT2D eigenvalue weighted by atomic mass is 10.1. The topological polar surface area (TPSA) is 87.2 Å². The highest BCUT2D eigenvalue weighted by Gasteiger charge is 2.30. The minimum Gasteiger partial charge on any atom is -0.327 e. The second-order valence-electron chi connectivity index (χ2n) is 4.52. The lowest BCUT2D eigenvalue weighted by molar-refractivity contribution is 0.316. The molecule has 2 rings (SSSR count). The molecule has 1 heterocycles. The smallest absolute Gasteiger partial charge is 0.244 e. The van der Waals surface area contributed by atoms with Crippen molar-refractivity contribution in [3.05, 3.63) is 28.8 Å². The molecule has 0 aliphatic carbocycles. The van der Waals surface area contributed by atoms with E-state index in [4.69, 9.17) is 22.6 Å². The summed E-state index contributed by atoms with van der Waals surface area (Å²) in [4.78, 5) is -0.0448. The van der Waals surface area contributed by atoms with Crippen LogP contribution in [0.25, 0.3) is 0 Å². The van der Waals surface area contributed by atoms with E-state index >= 15 is 0 Å². The molecule has 2 N–H and O–H groups in total. The van der Waals surface area contributed by atoms with E-state index < -0.39 is 10.0 Å². The second kappa shape index (κ2) is 5.47. The van der Waals surface area contributed by atoms with Crippen molar-refractivity contribution in [2.45, 2.75) is 23.8 Å². The summed E-state index contributed by atoms with van der Waals surface area (Å²) >= 11 is 5.83. The summed E-state index contributed by atoms with van der Waals surface area (Å²) in [5.74, 6) is 0. The van der Waals surface area contributed by atoms with E-state index in [2.05, 4.69) is 0 Å². The summed E-state index contributed by atoms with van der Waals surface area (Å²) in [6.07, 6.45) is 1.54. The summed E-state index contributed by atoms with van der Waals surface area (Å²) < 4.78 is 26.4. The molecule has 0 radical (unpaired) electrons. The molecular weight excluding hydrogens is 286 g/mol. The SMILES string of the molecule is N#Cc1ccc(Cl)cc1S(=O)(=O)N1CCC[C@@H](N)C1. The highest BCUT2D eigenvalue weighted by atomic mass is 35.5. The number of nitrogens with two attached hydrogens (primary N) is 1. The van der Waals surface area contributed by atoms with E-state index in [9.17, 15) is 8.42 Å². The Morgan fingerprint density at radius 2 is 2.21 bits per heavy atom. The molecule has 1 aliphatic rings. The predicted octanol–water partition coefficient (Wildman–Crippen LogP) is 1.32. The first kappa shape index (κ1) is 14.3. The molecule has 0 unspecified atom stereocenters. The van der Waals surface area contributed by atoms with Crippen LogP contribution in [0.2, 0.25) is 5.02 Å². The average molecular weight is 300 g/mol. The summed E-state index contributed by atoms with van der Waals surface area (Å²) in [7, 11) is -3.71.